The minimum Gasteiger partial charge on any atom is -0.355 e. The van der Waals surface area contributed by atoms with Crippen LogP contribution < -0.4 is 5.32 Å². The van der Waals surface area contributed by atoms with Gasteiger partial charge in [-0.2, -0.15) is 9.57 Å². The summed E-state index contributed by atoms with van der Waals surface area (Å²) in [5.74, 6) is -1.06. The number of benzene rings is 2. The highest BCUT2D eigenvalue weighted by Gasteiger charge is 2.36. The summed E-state index contributed by atoms with van der Waals surface area (Å²) < 4.78 is 42.1. The van der Waals surface area contributed by atoms with Crippen LogP contribution in [0.1, 0.15) is 30.4 Å². The van der Waals surface area contributed by atoms with E-state index in [1.165, 1.54) is 24.3 Å². The average Bonchev–Trinajstić information content (AvgIpc) is 2.91. The Balaban J connectivity index is 2.04. The van der Waals surface area contributed by atoms with Gasteiger partial charge in [-0.15, -0.1) is 0 Å². The van der Waals surface area contributed by atoms with Gasteiger partial charge in [-0.25, -0.2) is 12.8 Å². The first kappa shape index (κ1) is 20.0. The number of halogens is 1. The van der Waals surface area contributed by atoms with E-state index in [0.29, 0.717) is 19.4 Å². The highest BCUT2D eigenvalue weighted by atomic mass is 32.2. The van der Waals surface area contributed by atoms with Crippen LogP contribution in [-0.4, -0.2) is 31.2 Å². The van der Waals surface area contributed by atoms with E-state index in [2.05, 4.69) is 5.32 Å². The molecule has 146 valence electrons. The summed E-state index contributed by atoms with van der Waals surface area (Å²) in [6.07, 6.45) is 1.79. The van der Waals surface area contributed by atoms with E-state index in [4.69, 9.17) is 5.26 Å². The monoisotopic (exact) mass is 401 g/mol. The van der Waals surface area contributed by atoms with Crippen LogP contribution in [-0.2, 0) is 21.4 Å². The largest absolute Gasteiger partial charge is 0.355 e. The molecule has 1 atom stereocenters. The normalized spacial score (nSPS) is 17.6. The molecule has 0 spiro atoms. The van der Waals surface area contributed by atoms with Crippen molar-refractivity contribution < 1.29 is 17.6 Å². The van der Waals surface area contributed by atoms with Crippen LogP contribution in [0.25, 0.3) is 0 Å². The lowest BCUT2D eigenvalue weighted by Crippen LogP contribution is -2.48. The molecule has 3 rings (SSSR count). The molecule has 1 heterocycles. The number of nitrogens with zero attached hydrogens (tertiary/aromatic N) is 2. The smallest absolute Gasteiger partial charge is 0.244 e. The second-order valence-electron chi connectivity index (χ2n) is 6.58. The van der Waals surface area contributed by atoms with E-state index in [-0.39, 0.29) is 28.5 Å². The molecule has 0 aliphatic carbocycles. The number of carbonyl (C=O) groups excluding carboxylic acids is 1. The van der Waals surface area contributed by atoms with Gasteiger partial charge in [-0.1, -0.05) is 24.3 Å². The Morgan fingerprint density at radius 2 is 1.93 bits per heavy atom. The van der Waals surface area contributed by atoms with E-state index in [0.717, 1.165) is 16.8 Å². The number of sulfonamides is 1. The first-order valence-electron chi connectivity index (χ1n) is 8.96. The minimum atomic E-state index is -4.04. The van der Waals surface area contributed by atoms with E-state index >= 15 is 0 Å². The molecule has 28 heavy (non-hydrogen) atoms. The van der Waals surface area contributed by atoms with Crippen molar-refractivity contribution in [1.82, 2.24) is 9.62 Å². The van der Waals surface area contributed by atoms with Gasteiger partial charge in [0.25, 0.3) is 0 Å². The average molecular weight is 401 g/mol. The van der Waals surface area contributed by atoms with Crippen LogP contribution in [0.2, 0.25) is 0 Å². The Hall–Kier alpha value is -2.76. The van der Waals surface area contributed by atoms with Crippen LogP contribution in [0, 0.1) is 17.1 Å². The molecular weight excluding hydrogens is 381 g/mol. The summed E-state index contributed by atoms with van der Waals surface area (Å²) in [5.41, 5.74) is 0.251. The third kappa shape index (κ3) is 4.21. The van der Waals surface area contributed by atoms with Gasteiger partial charge in [-0.3, -0.25) is 4.79 Å². The molecule has 0 saturated carbocycles. The Morgan fingerprint density at radius 3 is 2.61 bits per heavy atom. The van der Waals surface area contributed by atoms with Gasteiger partial charge >= 0.3 is 0 Å². The highest BCUT2D eigenvalue weighted by molar-refractivity contribution is 7.89. The van der Waals surface area contributed by atoms with Crippen LogP contribution in [0.3, 0.4) is 0 Å². The summed E-state index contributed by atoms with van der Waals surface area (Å²) in [5, 5.41) is 11.6. The molecule has 0 aromatic heterocycles. The summed E-state index contributed by atoms with van der Waals surface area (Å²) >= 11 is 0. The van der Waals surface area contributed by atoms with Gasteiger partial charge < -0.3 is 5.32 Å². The first-order valence-corrected chi connectivity index (χ1v) is 10.4. The fraction of sp³-hybridized carbons (Fsp3) is 0.300. The molecule has 1 aliphatic heterocycles. The molecule has 8 heteroatoms. The summed E-state index contributed by atoms with van der Waals surface area (Å²) in [6, 6.07) is 12.6. The summed E-state index contributed by atoms with van der Waals surface area (Å²) in [7, 11) is -4.04. The van der Waals surface area contributed by atoms with Crippen molar-refractivity contribution in [2.45, 2.75) is 36.7 Å². The van der Waals surface area contributed by atoms with Crippen molar-refractivity contribution in [3.8, 4) is 6.07 Å². The predicted molar refractivity (Wildman–Crippen MR) is 101 cm³/mol. The molecule has 2 aromatic rings. The number of nitrogens with one attached hydrogen (secondary N) is 1. The number of rotatable bonds is 5. The Labute approximate surface area is 163 Å². The van der Waals surface area contributed by atoms with Crippen molar-refractivity contribution in [2.75, 3.05) is 6.54 Å². The predicted octanol–water partition coefficient (Wildman–Crippen LogP) is 2.56. The fourth-order valence-corrected chi connectivity index (χ4v) is 4.82. The lowest BCUT2D eigenvalue weighted by Gasteiger charge is -2.29. The van der Waals surface area contributed by atoms with Crippen molar-refractivity contribution in [1.29, 1.82) is 5.26 Å². The number of amides is 1. The Bertz CT molecular complexity index is 1000. The number of hydrogen-bond acceptors (Lipinski definition) is 4. The van der Waals surface area contributed by atoms with Gasteiger partial charge in [0.1, 0.15) is 11.9 Å². The van der Waals surface area contributed by atoms with E-state index in [1.807, 2.05) is 6.07 Å². The molecule has 0 unspecified atom stereocenters. The molecule has 0 radical (unpaired) electrons. The van der Waals surface area contributed by atoms with Crippen LogP contribution in [0.15, 0.2) is 53.4 Å². The summed E-state index contributed by atoms with van der Waals surface area (Å²) in [4.78, 5) is 12.6. The van der Waals surface area contributed by atoms with Gasteiger partial charge in [0.15, 0.2) is 0 Å². The Kier molecular flexibility index (Phi) is 6.07. The third-order valence-electron chi connectivity index (χ3n) is 4.71. The van der Waals surface area contributed by atoms with Gasteiger partial charge in [0, 0.05) is 18.7 Å². The van der Waals surface area contributed by atoms with Crippen LogP contribution in [0.5, 0.6) is 0 Å². The zero-order valence-corrected chi connectivity index (χ0v) is 16.0. The van der Waals surface area contributed by atoms with Gasteiger partial charge in [0.05, 0.1) is 16.5 Å². The van der Waals surface area contributed by atoms with Crippen molar-refractivity contribution >= 4 is 15.9 Å². The van der Waals surface area contributed by atoms with Crippen molar-refractivity contribution in [3.63, 3.8) is 0 Å². The maximum Gasteiger partial charge on any atom is 0.244 e. The van der Waals surface area contributed by atoms with E-state index < -0.39 is 21.9 Å². The van der Waals surface area contributed by atoms with Crippen LogP contribution >= 0.6 is 0 Å². The zero-order chi connectivity index (χ0) is 20.1. The lowest BCUT2D eigenvalue weighted by atomic mass is 10.1. The van der Waals surface area contributed by atoms with Crippen LogP contribution in [0.4, 0.5) is 4.39 Å². The van der Waals surface area contributed by atoms with Crippen molar-refractivity contribution in [3.05, 3.63) is 65.5 Å². The molecule has 0 bridgehead atoms. The molecule has 1 N–H and O–H groups in total. The molecule has 1 amide bonds. The second-order valence-corrected chi connectivity index (χ2v) is 8.47. The first-order chi connectivity index (χ1) is 13.4. The highest BCUT2D eigenvalue weighted by Crippen LogP contribution is 2.25. The number of nitriles is 1. The minimum absolute atomic E-state index is 0.0427. The standard InChI is InChI=1S/C20H20FN3O3S/c21-18-12-15(13-22)9-10-16(18)14-24(19-8-4-5-11-23-20(19)25)28(26,27)17-6-2-1-3-7-17/h1-3,6-7,9-10,12,19H,4-5,8,11,14H2,(H,23,25)/t19-/m1/s1. The van der Waals surface area contributed by atoms with Gasteiger partial charge in [0.2, 0.25) is 15.9 Å². The Morgan fingerprint density at radius 1 is 1.18 bits per heavy atom. The van der Waals surface area contributed by atoms with E-state index in [1.54, 1.807) is 18.2 Å². The maximum atomic E-state index is 14.5. The third-order valence-corrected chi connectivity index (χ3v) is 6.58. The molecule has 2 aromatic carbocycles. The maximum absolute atomic E-state index is 14.5. The number of hydrogen-bond donors (Lipinski definition) is 1. The number of carbonyl (C=O) groups is 1. The quantitative estimate of drug-likeness (QED) is 0.834. The van der Waals surface area contributed by atoms with Crippen molar-refractivity contribution in [2.24, 2.45) is 0 Å². The molecule has 1 saturated heterocycles. The lowest BCUT2D eigenvalue weighted by molar-refractivity contribution is -0.124. The SMILES string of the molecule is N#Cc1ccc(CN([C@@H]2CCCCNC2=O)S(=O)(=O)c2ccccc2)c(F)c1. The molecule has 1 aliphatic rings. The zero-order valence-electron chi connectivity index (χ0n) is 15.1. The van der Waals surface area contributed by atoms with E-state index in [9.17, 15) is 17.6 Å². The van der Waals surface area contributed by atoms with Gasteiger partial charge in [-0.05, 0) is 43.5 Å². The fourth-order valence-electron chi connectivity index (χ4n) is 3.20. The molecular formula is C20H20FN3O3S. The second kappa shape index (κ2) is 8.50. The molecule has 6 nitrogen and oxygen atoms in total. The topological polar surface area (TPSA) is 90.3 Å². The summed E-state index contributed by atoms with van der Waals surface area (Å²) in [6.45, 7) is 0.187. The molecule has 1 fully saturated rings.